The molecule has 134 valence electrons. The molecule has 1 N–H and O–H groups in total. The number of nitrogens with zero attached hydrogens (tertiary/aromatic N) is 2. The normalized spacial score (nSPS) is 17.1. The van der Waals surface area contributed by atoms with Crippen molar-refractivity contribution in [1.82, 2.24) is 9.80 Å². The molecule has 0 bridgehead atoms. The Morgan fingerprint density at radius 3 is 2.88 bits per heavy atom. The average Bonchev–Trinajstić information content (AvgIpc) is 2.99. The third kappa shape index (κ3) is 7.04. The predicted molar refractivity (Wildman–Crippen MR) is 91.6 cm³/mol. The van der Waals surface area contributed by atoms with Crippen LogP contribution in [0.15, 0.2) is 16.5 Å². The molecule has 0 saturated carbocycles. The van der Waals surface area contributed by atoms with Crippen molar-refractivity contribution in [2.75, 3.05) is 59.2 Å². The Labute approximate surface area is 144 Å². The first kappa shape index (κ1) is 19.0. The summed E-state index contributed by atoms with van der Waals surface area (Å²) in [6, 6.07) is 3.94. The lowest BCUT2D eigenvalue weighted by atomic mass is 10.3. The number of aliphatic hydroxyl groups excluding tert-OH is 1. The van der Waals surface area contributed by atoms with Gasteiger partial charge in [-0.25, -0.2) is 0 Å². The Hall–Kier alpha value is -1.36. The van der Waals surface area contributed by atoms with E-state index in [-0.39, 0.29) is 13.2 Å². The van der Waals surface area contributed by atoms with E-state index in [1.54, 1.807) is 0 Å². The van der Waals surface area contributed by atoms with Gasteiger partial charge in [0.2, 0.25) is 0 Å². The molecule has 1 atom stereocenters. The van der Waals surface area contributed by atoms with Gasteiger partial charge >= 0.3 is 0 Å². The molecule has 0 spiro atoms. The van der Waals surface area contributed by atoms with Crippen LogP contribution in [-0.2, 0) is 16.0 Å². The van der Waals surface area contributed by atoms with Gasteiger partial charge in [-0.05, 0) is 19.1 Å². The molecule has 2 heterocycles. The SMILES string of the molecule is C#CCOCC(O)CN(CCN1CCOCC1)Cc1ccc(C)o1. The minimum absolute atomic E-state index is 0.224. The highest BCUT2D eigenvalue weighted by atomic mass is 16.5. The van der Waals surface area contributed by atoms with Gasteiger partial charge in [-0.3, -0.25) is 9.80 Å². The Bertz CT molecular complexity index is 505. The van der Waals surface area contributed by atoms with Crippen LogP contribution in [0.3, 0.4) is 0 Å². The number of terminal acetylenes is 1. The lowest BCUT2D eigenvalue weighted by Crippen LogP contribution is -2.43. The summed E-state index contributed by atoms with van der Waals surface area (Å²) in [6.45, 7) is 8.90. The standard InChI is InChI=1S/C18H28N2O4/c1-3-10-23-15-17(21)13-20(14-18-5-4-16(2)24-18)7-6-19-8-11-22-12-9-19/h1,4-5,17,21H,6-15H2,2H3. The second kappa shape index (κ2) is 10.5. The first-order chi connectivity index (χ1) is 11.7. The van der Waals surface area contributed by atoms with E-state index in [0.29, 0.717) is 13.1 Å². The van der Waals surface area contributed by atoms with Gasteiger partial charge in [0.1, 0.15) is 18.1 Å². The topological polar surface area (TPSA) is 58.3 Å². The Balaban J connectivity index is 1.83. The van der Waals surface area contributed by atoms with Gasteiger partial charge in [-0.1, -0.05) is 5.92 Å². The Kier molecular flexibility index (Phi) is 8.29. The van der Waals surface area contributed by atoms with E-state index < -0.39 is 6.10 Å². The van der Waals surface area contributed by atoms with Crippen molar-refractivity contribution < 1.29 is 19.0 Å². The molecule has 0 aliphatic carbocycles. The summed E-state index contributed by atoms with van der Waals surface area (Å²) < 4.78 is 16.3. The van der Waals surface area contributed by atoms with Crippen molar-refractivity contribution in [3.05, 3.63) is 23.7 Å². The van der Waals surface area contributed by atoms with E-state index in [0.717, 1.165) is 50.9 Å². The van der Waals surface area contributed by atoms with Crippen LogP contribution >= 0.6 is 0 Å². The fraction of sp³-hybridized carbons (Fsp3) is 0.667. The first-order valence-electron chi connectivity index (χ1n) is 8.44. The van der Waals surface area contributed by atoms with E-state index in [1.165, 1.54) is 0 Å². The van der Waals surface area contributed by atoms with Crippen LogP contribution in [-0.4, -0.2) is 80.2 Å². The minimum atomic E-state index is -0.570. The molecule has 0 amide bonds. The number of ether oxygens (including phenoxy) is 2. The van der Waals surface area contributed by atoms with E-state index in [1.807, 2.05) is 19.1 Å². The van der Waals surface area contributed by atoms with Crippen LogP contribution in [0, 0.1) is 19.3 Å². The molecule has 1 aliphatic rings. The smallest absolute Gasteiger partial charge is 0.118 e. The quantitative estimate of drug-likeness (QED) is 0.502. The molecule has 1 aromatic heterocycles. The third-order valence-corrected chi connectivity index (χ3v) is 3.98. The second-order valence-corrected chi connectivity index (χ2v) is 6.07. The van der Waals surface area contributed by atoms with Gasteiger partial charge in [-0.15, -0.1) is 6.42 Å². The maximum atomic E-state index is 10.2. The predicted octanol–water partition coefficient (Wildman–Crippen LogP) is 0.733. The summed E-state index contributed by atoms with van der Waals surface area (Å²) in [5, 5.41) is 10.2. The van der Waals surface area contributed by atoms with Gasteiger partial charge in [0.15, 0.2) is 0 Å². The molecule has 2 rings (SSSR count). The summed E-state index contributed by atoms with van der Waals surface area (Å²) in [6.07, 6.45) is 4.59. The molecule has 1 unspecified atom stereocenters. The van der Waals surface area contributed by atoms with Crippen LogP contribution in [0.1, 0.15) is 11.5 Å². The molecule has 1 saturated heterocycles. The molecule has 1 fully saturated rings. The maximum Gasteiger partial charge on any atom is 0.118 e. The number of furan rings is 1. The number of rotatable bonds is 10. The fourth-order valence-corrected chi connectivity index (χ4v) is 2.74. The van der Waals surface area contributed by atoms with Gasteiger partial charge in [-0.2, -0.15) is 0 Å². The van der Waals surface area contributed by atoms with Crippen molar-refractivity contribution in [3.8, 4) is 12.3 Å². The molecule has 6 nitrogen and oxygen atoms in total. The van der Waals surface area contributed by atoms with Gasteiger partial charge in [0, 0.05) is 32.7 Å². The number of aryl methyl sites for hydroxylation is 1. The fourth-order valence-electron chi connectivity index (χ4n) is 2.74. The molecule has 1 aliphatic heterocycles. The molecular weight excluding hydrogens is 308 g/mol. The van der Waals surface area contributed by atoms with Crippen LogP contribution in [0.4, 0.5) is 0 Å². The lowest BCUT2D eigenvalue weighted by molar-refractivity contribution is 0.0124. The van der Waals surface area contributed by atoms with Crippen molar-refractivity contribution in [3.63, 3.8) is 0 Å². The van der Waals surface area contributed by atoms with E-state index in [2.05, 4.69) is 15.7 Å². The van der Waals surface area contributed by atoms with Gasteiger partial charge in [0.05, 0.1) is 32.5 Å². The summed E-state index contributed by atoms with van der Waals surface area (Å²) in [5.41, 5.74) is 0. The van der Waals surface area contributed by atoms with Gasteiger partial charge in [0.25, 0.3) is 0 Å². The number of hydrogen-bond acceptors (Lipinski definition) is 6. The van der Waals surface area contributed by atoms with E-state index in [4.69, 9.17) is 20.3 Å². The summed E-state index contributed by atoms with van der Waals surface area (Å²) >= 11 is 0. The summed E-state index contributed by atoms with van der Waals surface area (Å²) in [7, 11) is 0. The zero-order valence-electron chi connectivity index (χ0n) is 14.4. The lowest BCUT2D eigenvalue weighted by Gasteiger charge is -2.30. The Morgan fingerprint density at radius 2 is 2.21 bits per heavy atom. The highest BCUT2D eigenvalue weighted by molar-refractivity contribution is 5.05. The number of aliphatic hydroxyl groups is 1. The van der Waals surface area contributed by atoms with Crippen LogP contribution < -0.4 is 0 Å². The molecule has 0 radical (unpaired) electrons. The average molecular weight is 336 g/mol. The maximum absolute atomic E-state index is 10.2. The van der Waals surface area contributed by atoms with Crippen molar-refractivity contribution in [2.24, 2.45) is 0 Å². The monoisotopic (exact) mass is 336 g/mol. The van der Waals surface area contributed by atoms with Crippen molar-refractivity contribution >= 4 is 0 Å². The zero-order chi connectivity index (χ0) is 17.2. The molecule has 24 heavy (non-hydrogen) atoms. The molecular formula is C18H28N2O4. The molecule has 1 aromatic rings. The number of morpholine rings is 1. The first-order valence-corrected chi connectivity index (χ1v) is 8.44. The van der Waals surface area contributed by atoms with Crippen LogP contribution in [0.25, 0.3) is 0 Å². The van der Waals surface area contributed by atoms with E-state index in [9.17, 15) is 5.11 Å². The molecule has 0 aromatic carbocycles. The summed E-state index contributed by atoms with van der Waals surface area (Å²) in [4.78, 5) is 4.57. The highest BCUT2D eigenvalue weighted by Crippen LogP contribution is 2.10. The molecule has 6 heteroatoms. The van der Waals surface area contributed by atoms with E-state index >= 15 is 0 Å². The van der Waals surface area contributed by atoms with Crippen molar-refractivity contribution in [1.29, 1.82) is 0 Å². The van der Waals surface area contributed by atoms with Crippen LogP contribution in [0.2, 0.25) is 0 Å². The third-order valence-electron chi connectivity index (χ3n) is 3.98. The van der Waals surface area contributed by atoms with Crippen LogP contribution in [0.5, 0.6) is 0 Å². The minimum Gasteiger partial charge on any atom is -0.465 e. The number of hydrogen-bond donors (Lipinski definition) is 1. The second-order valence-electron chi connectivity index (χ2n) is 6.07. The van der Waals surface area contributed by atoms with Gasteiger partial charge < -0.3 is 19.0 Å². The largest absolute Gasteiger partial charge is 0.465 e. The summed E-state index contributed by atoms with van der Waals surface area (Å²) in [5.74, 6) is 4.21. The van der Waals surface area contributed by atoms with Crippen molar-refractivity contribution in [2.45, 2.75) is 19.6 Å². The zero-order valence-corrected chi connectivity index (χ0v) is 14.4. The highest BCUT2D eigenvalue weighted by Gasteiger charge is 2.17. The Morgan fingerprint density at radius 1 is 1.42 bits per heavy atom.